The summed E-state index contributed by atoms with van der Waals surface area (Å²) in [5.74, 6) is 0.0288. The van der Waals surface area contributed by atoms with E-state index in [2.05, 4.69) is 20.6 Å². The van der Waals surface area contributed by atoms with E-state index in [9.17, 15) is 9.18 Å². The van der Waals surface area contributed by atoms with E-state index in [0.717, 1.165) is 57.2 Å². The van der Waals surface area contributed by atoms with Gasteiger partial charge in [0.25, 0.3) is 5.56 Å². The molecule has 2 aliphatic rings. The van der Waals surface area contributed by atoms with Gasteiger partial charge in [0.1, 0.15) is 11.5 Å². The van der Waals surface area contributed by atoms with E-state index in [0.29, 0.717) is 23.0 Å². The summed E-state index contributed by atoms with van der Waals surface area (Å²) in [6.45, 7) is 3.24. The summed E-state index contributed by atoms with van der Waals surface area (Å²) in [6, 6.07) is 6.77. The van der Waals surface area contributed by atoms with Gasteiger partial charge in [-0.2, -0.15) is 4.98 Å². The molecule has 1 saturated carbocycles. The van der Waals surface area contributed by atoms with Crippen LogP contribution < -0.4 is 26.8 Å². The number of anilines is 4. The minimum atomic E-state index is -0.289. The molecule has 1 saturated heterocycles. The molecule has 3 aromatic rings. The van der Waals surface area contributed by atoms with Crippen LogP contribution in [0.2, 0.25) is 0 Å². The van der Waals surface area contributed by atoms with Crippen molar-refractivity contribution in [3.63, 3.8) is 0 Å². The van der Waals surface area contributed by atoms with Crippen LogP contribution in [0, 0.1) is 5.82 Å². The quantitative estimate of drug-likeness (QED) is 0.593. The van der Waals surface area contributed by atoms with E-state index in [-0.39, 0.29) is 23.1 Å². The number of benzene rings is 1. The lowest BCUT2D eigenvalue weighted by atomic mass is 10.2. The highest BCUT2D eigenvalue weighted by Gasteiger charge is 2.22. The average molecular weight is 423 g/mol. The van der Waals surface area contributed by atoms with Gasteiger partial charge in [-0.05, 0) is 37.1 Å². The molecule has 0 radical (unpaired) electrons. The van der Waals surface area contributed by atoms with Crippen LogP contribution in [-0.4, -0.2) is 40.7 Å². The molecular weight excluding hydrogens is 397 g/mol. The number of pyridine rings is 1. The van der Waals surface area contributed by atoms with Crippen LogP contribution in [0.1, 0.15) is 31.7 Å². The average Bonchev–Trinajstić information content (AvgIpc) is 3.30. The molecule has 31 heavy (non-hydrogen) atoms. The van der Waals surface area contributed by atoms with Gasteiger partial charge >= 0.3 is 0 Å². The minimum Gasteiger partial charge on any atom is -0.394 e. The van der Waals surface area contributed by atoms with E-state index >= 15 is 0 Å². The smallest absolute Gasteiger partial charge is 0.275 e. The fraction of sp³-hybridized carbons (Fsp3) is 0.409. The van der Waals surface area contributed by atoms with Gasteiger partial charge in [0.05, 0.1) is 11.4 Å². The molecule has 162 valence electrons. The van der Waals surface area contributed by atoms with Gasteiger partial charge in [0.2, 0.25) is 5.95 Å². The van der Waals surface area contributed by atoms with Crippen LogP contribution in [0.4, 0.5) is 27.4 Å². The third-order valence-corrected chi connectivity index (χ3v) is 6.15. The summed E-state index contributed by atoms with van der Waals surface area (Å²) in [5.41, 5.74) is 7.65. The van der Waals surface area contributed by atoms with Crippen molar-refractivity contribution >= 4 is 34.0 Å². The Balaban J connectivity index is 1.47. The van der Waals surface area contributed by atoms with Crippen molar-refractivity contribution in [2.45, 2.75) is 31.7 Å². The monoisotopic (exact) mass is 423 g/mol. The van der Waals surface area contributed by atoms with E-state index < -0.39 is 0 Å². The number of hydrogen-bond acceptors (Lipinski definition) is 7. The van der Waals surface area contributed by atoms with Crippen molar-refractivity contribution in [1.82, 2.24) is 19.9 Å². The first-order valence-corrected chi connectivity index (χ1v) is 10.8. The SMILES string of the molecule is Nc1cc2cnc(Nc3ccc(N4CCNCC4)c(F)c3)nc2n(C2CCCC2)c1=O. The van der Waals surface area contributed by atoms with E-state index in [1.165, 1.54) is 6.07 Å². The molecule has 1 aromatic carbocycles. The van der Waals surface area contributed by atoms with Crippen molar-refractivity contribution in [3.8, 4) is 0 Å². The van der Waals surface area contributed by atoms with Gasteiger partial charge < -0.3 is 21.3 Å². The summed E-state index contributed by atoms with van der Waals surface area (Å²) in [7, 11) is 0. The van der Waals surface area contributed by atoms with E-state index in [1.807, 2.05) is 11.0 Å². The maximum atomic E-state index is 14.8. The number of nitrogens with zero attached hydrogens (tertiary/aromatic N) is 4. The lowest BCUT2D eigenvalue weighted by Crippen LogP contribution is -2.43. The summed E-state index contributed by atoms with van der Waals surface area (Å²) >= 11 is 0. The van der Waals surface area contributed by atoms with Crippen LogP contribution in [0.25, 0.3) is 11.0 Å². The Labute approximate surface area is 179 Å². The number of halogens is 1. The standard InChI is InChI=1S/C22H26FN7O/c23-17-12-15(5-6-19(17)29-9-7-25-8-10-29)27-22-26-13-14-11-18(24)21(31)30(20(14)28-22)16-3-1-2-4-16/h5-6,11-13,16,25H,1-4,7-10,24H2,(H,26,27,28). The Kier molecular flexibility index (Phi) is 5.19. The number of nitrogen functional groups attached to an aromatic ring is 1. The zero-order valence-corrected chi connectivity index (χ0v) is 17.3. The normalized spacial score (nSPS) is 17.4. The van der Waals surface area contributed by atoms with E-state index in [1.54, 1.807) is 22.9 Å². The molecule has 9 heteroatoms. The van der Waals surface area contributed by atoms with Crippen LogP contribution >= 0.6 is 0 Å². The number of nitrogens with one attached hydrogen (secondary N) is 2. The molecule has 1 aliphatic carbocycles. The van der Waals surface area contributed by atoms with Gasteiger partial charge in [-0.25, -0.2) is 9.37 Å². The number of rotatable bonds is 4. The third kappa shape index (κ3) is 3.81. The lowest BCUT2D eigenvalue weighted by Gasteiger charge is -2.29. The van der Waals surface area contributed by atoms with Gasteiger partial charge in [0.15, 0.2) is 0 Å². The Morgan fingerprint density at radius 2 is 1.94 bits per heavy atom. The molecule has 0 spiro atoms. The molecule has 0 unspecified atom stereocenters. The number of fused-ring (bicyclic) bond motifs is 1. The number of aromatic nitrogens is 3. The Morgan fingerprint density at radius 3 is 2.68 bits per heavy atom. The van der Waals surface area contributed by atoms with Crippen molar-refractivity contribution in [1.29, 1.82) is 0 Å². The van der Waals surface area contributed by atoms with Crippen molar-refractivity contribution in [2.24, 2.45) is 0 Å². The van der Waals surface area contributed by atoms with Crippen molar-refractivity contribution in [3.05, 3.63) is 46.6 Å². The van der Waals surface area contributed by atoms with Crippen LogP contribution in [0.3, 0.4) is 0 Å². The van der Waals surface area contributed by atoms with Crippen LogP contribution in [0.5, 0.6) is 0 Å². The van der Waals surface area contributed by atoms with Crippen molar-refractivity contribution < 1.29 is 4.39 Å². The fourth-order valence-corrected chi connectivity index (χ4v) is 4.58. The largest absolute Gasteiger partial charge is 0.394 e. The predicted molar refractivity (Wildman–Crippen MR) is 120 cm³/mol. The van der Waals surface area contributed by atoms with E-state index in [4.69, 9.17) is 5.73 Å². The minimum absolute atomic E-state index is 0.0945. The molecule has 8 nitrogen and oxygen atoms in total. The second kappa shape index (κ2) is 8.14. The summed E-state index contributed by atoms with van der Waals surface area (Å²) in [5, 5.41) is 7.07. The van der Waals surface area contributed by atoms with Gasteiger partial charge in [-0.3, -0.25) is 9.36 Å². The molecule has 4 N–H and O–H groups in total. The lowest BCUT2D eigenvalue weighted by molar-refractivity contribution is 0.517. The third-order valence-electron chi connectivity index (χ3n) is 6.15. The van der Waals surface area contributed by atoms with Gasteiger partial charge in [-0.15, -0.1) is 0 Å². The fourth-order valence-electron chi connectivity index (χ4n) is 4.58. The molecule has 0 atom stereocenters. The second-order valence-corrected chi connectivity index (χ2v) is 8.21. The topological polar surface area (TPSA) is 101 Å². The second-order valence-electron chi connectivity index (χ2n) is 8.21. The molecular formula is C22H26FN7O. The first-order valence-electron chi connectivity index (χ1n) is 10.8. The molecule has 2 fully saturated rings. The Morgan fingerprint density at radius 1 is 1.16 bits per heavy atom. The van der Waals surface area contributed by atoms with Gasteiger partial charge in [-0.1, -0.05) is 12.8 Å². The Bertz CT molecular complexity index is 1170. The Hall–Kier alpha value is -3.20. The maximum absolute atomic E-state index is 14.8. The summed E-state index contributed by atoms with van der Waals surface area (Å²) < 4.78 is 16.5. The predicted octanol–water partition coefficient (Wildman–Crippen LogP) is 2.78. The zero-order chi connectivity index (χ0) is 21.4. The van der Waals surface area contributed by atoms with Crippen LogP contribution in [0.15, 0.2) is 35.3 Å². The zero-order valence-electron chi connectivity index (χ0n) is 17.3. The number of hydrogen-bond donors (Lipinski definition) is 3. The highest BCUT2D eigenvalue weighted by Crippen LogP contribution is 2.31. The summed E-state index contributed by atoms with van der Waals surface area (Å²) in [4.78, 5) is 23.8. The van der Waals surface area contributed by atoms with Gasteiger partial charge in [0, 0.05) is 49.5 Å². The highest BCUT2D eigenvalue weighted by atomic mass is 19.1. The number of nitrogens with two attached hydrogens (primary N) is 1. The number of piperazine rings is 1. The molecule has 5 rings (SSSR count). The molecule has 3 heterocycles. The van der Waals surface area contributed by atoms with Crippen molar-refractivity contribution in [2.75, 3.05) is 42.1 Å². The molecule has 0 amide bonds. The van der Waals surface area contributed by atoms with Crippen LogP contribution in [-0.2, 0) is 0 Å². The highest BCUT2D eigenvalue weighted by molar-refractivity contribution is 5.79. The maximum Gasteiger partial charge on any atom is 0.275 e. The molecule has 0 bridgehead atoms. The first kappa shape index (κ1) is 19.7. The molecule has 1 aliphatic heterocycles. The first-order chi connectivity index (χ1) is 15.1. The molecule has 2 aromatic heterocycles. The summed E-state index contributed by atoms with van der Waals surface area (Å²) in [6.07, 6.45) is 5.69.